The molecule has 23 heavy (non-hydrogen) atoms. The van der Waals surface area contributed by atoms with E-state index in [-0.39, 0.29) is 18.0 Å². The lowest BCUT2D eigenvalue weighted by Crippen LogP contribution is -2.14. The van der Waals surface area contributed by atoms with Gasteiger partial charge in [0, 0.05) is 23.7 Å². The summed E-state index contributed by atoms with van der Waals surface area (Å²) in [6, 6.07) is 10.4. The van der Waals surface area contributed by atoms with Crippen LogP contribution in [0, 0.1) is 17.0 Å². The predicted molar refractivity (Wildman–Crippen MR) is 85.8 cm³/mol. The zero-order valence-electron chi connectivity index (χ0n) is 12.7. The Balaban J connectivity index is 1.70. The van der Waals surface area contributed by atoms with Gasteiger partial charge in [-0.05, 0) is 30.2 Å². The lowest BCUT2D eigenvalue weighted by Gasteiger charge is -2.07. The fourth-order valence-electron chi connectivity index (χ4n) is 2.62. The van der Waals surface area contributed by atoms with E-state index in [1.165, 1.54) is 6.07 Å². The molecule has 0 saturated carbocycles. The number of amides is 1. The van der Waals surface area contributed by atoms with Crippen LogP contribution in [0.25, 0.3) is 0 Å². The molecule has 2 aromatic rings. The van der Waals surface area contributed by atoms with Crippen molar-refractivity contribution in [1.29, 1.82) is 0 Å². The first-order chi connectivity index (χ1) is 11.0. The average molecular weight is 312 g/mol. The number of fused-ring (bicyclic) bond motifs is 1. The molecule has 1 N–H and O–H groups in total. The third kappa shape index (κ3) is 3.31. The van der Waals surface area contributed by atoms with Crippen LogP contribution in [0.5, 0.6) is 5.75 Å². The minimum absolute atomic E-state index is 0.00233. The number of nitrogens with one attached hydrogen (secondary N) is 1. The summed E-state index contributed by atoms with van der Waals surface area (Å²) in [6.45, 7) is 2.34. The van der Waals surface area contributed by atoms with Crippen LogP contribution < -0.4 is 10.1 Å². The van der Waals surface area contributed by atoms with Gasteiger partial charge in [0.1, 0.15) is 5.75 Å². The molecule has 0 fully saturated rings. The molecule has 0 aliphatic carbocycles. The van der Waals surface area contributed by atoms with Crippen LogP contribution in [0.3, 0.4) is 0 Å². The molecule has 1 heterocycles. The summed E-state index contributed by atoms with van der Waals surface area (Å²) in [6.07, 6.45) is 1.07. The normalized spacial score (nSPS) is 12.4. The third-order valence-corrected chi connectivity index (χ3v) is 3.81. The fraction of sp³-hybridized carbons (Fsp3) is 0.235. The van der Waals surface area contributed by atoms with Gasteiger partial charge in [-0.1, -0.05) is 18.2 Å². The largest absolute Gasteiger partial charge is 0.493 e. The highest BCUT2D eigenvalue weighted by Crippen LogP contribution is 2.26. The van der Waals surface area contributed by atoms with Crippen molar-refractivity contribution in [2.75, 3.05) is 11.9 Å². The zero-order valence-corrected chi connectivity index (χ0v) is 12.7. The fourth-order valence-corrected chi connectivity index (χ4v) is 2.62. The first-order valence-corrected chi connectivity index (χ1v) is 7.32. The van der Waals surface area contributed by atoms with Gasteiger partial charge >= 0.3 is 0 Å². The molecule has 0 saturated heterocycles. The smallest absolute Gasteiger partial charge is 0.274 e. The van der Waals surface area contributed by atoms with Crippen molar-refractivity contribution in [1.82, 2.24) is 0 Å². The molecule has 2 aromatic carbocycles. The van der Waals surface area contributed by atoms with Crippen molar-refractivity contribution in [2.24, 2.45) is 0 Å². The molecule has 0 aromatic heterocycles. The van der Waals surface area contributed by atoms with E-state index in [2.05, 4.69) is 5.32 Å². The van der Waals surface area contributed by atoms with Crippen LogP contribution in [-0.2, 0) is 17.6 Å². The Morgan fingerprint density at radius 1 is 1.30 bits per heavy atom. The molecule has 6 nitrogen and oxygen atoms in total. The third-order valence-electron chi connectivity index (χ3n) is 3.81. The standard InChI is InChI=1S/C17H16N2O4/c1-11-2-4-14(10-15(11)19(21)22)18-17(20)9-12-3-5-16-13(8-12)6-7-23-16/h2-5,8,10H,6-7,9H2,1H3,(H,18,20). The summed E-state index contributed by atoms with van der Waals surface area (Å²) in [5.41, 5.74) is 3.00. The van der Waals surface area contributed by atoms with Crippen LogP contribution in [0.4, 0.5) is 11.4 Å². The van der Waals surface area contributed by atoms with Crippen LogP contribution in [0.2, 0.25) is 0 Å². The number of nitro benzene ring substituents is 1. The van der Waals surface area contributed by atoms with E-state index in [9.17, 15) is 14.9 Å². The number of anilines is 1. The van der Waals surface area contributed by atoms with Gasteiger partial charge in [0.25, 0.3) is 5.69 Å². The van der Waals surface area contributed by atoms with Crippen molar-refractivity contribution in [3.8, 4) is 5.75 Å². The number of hydrogen-bond acceptors (Lipinski definition) is 4. The van der Waals surface area contributed by atoms with Crippen molar-refractivity contribution < 1.29 is 14.5 Å². The minimum atomic E-state index is -0.453. The van der Waals surface area contributed by atoms with E-state index >= 15 is 0 Å². The predicted octanol–water partition coefficient (Wildman–Crippen LogP) is 3.02. The average Bonchev–Trinajstić information content (AvgIpc) is 2.96. The maximum Gasteiger partial charge on any atom is 0.274 e. The van der Waals surface area contributed by atoms with E-state index in [4.69, 9.17) is 4.74 Å². The van der Waals surface area contributed by atoms with Gasteiger partial charge in [0.15, 0.2) is 0 Å². The number of carbonyl (C=O) groups excluding carboxylic acids is 1. The molecule has 0 atom stereocenters. The molecular weight excluding hydrogens is 296 g/mol. The first kappa shape index (κ1) is 15.0. The maximum absolute atomic E-state index is 12.1. The van der Waals surface area contributed by atoms with Gasteiger partial charge in [0.2, 0.25) is 5.91 Å². The highest BCUT2D eigenvalue weighted by atomic mass is 16.6. The number of aryl methyl sites for hydroxylation is 1. The highest BCUT2D eigenvalue weighted by Gasteiger charge is 2.15. The second kappa shape index (κ2) is 6.08. The summed E-state index contributed by atoms with van der Waals surface area (Å²) < 4.78 is 5.44. The summed E-state index contributed by atoms with van der Waals surface area (Å²) in [5.74, 6) is 0.672. The van der Waals surface area contributed by atoms with E-state index in [0.717, 1.165) is 23.3 Å². The number of nitrogens with zero attached hydrogens (tertiary/aromatic N) is 1. The summed E-state index contributed by atoms with van der Waals surface area (Å²) in [7, 11) is 0. The monoisotopic (exact) mass is 312 g/mol. The number of carbonyl (C=O) groups is 1. The van der Waals surface area contributed by atoms with Gasteiger partial charge in [-0.3, -0.25) is 14.9 Å². The number of nitro groups is 1. The molecule has 6 heteroatoms. The Morgan fingerprint density at radius 2 is 2.13 bits per heavy atom. The van der Waals surface area contributed by atoms with Gasteiger partial charge in [-0.2, -0.15) is 0 Å². The SMILES string of the molecule is Cc1ccc(NC(=O)Cc2ccc3c(c2)CCO3)cc1[N+](=O)[O-]. The molecule has 1 amide bonds. The Bertz CT molecular complexity index is 786. The Kier molecular flexibility index (Phi) is 3.97. The van der Waals surface area contributed by atoms with Crippen LogP contribution in [0.15, 0.2) is 36.4 Å². The Morgan fingerprint density at radius 3 is 2.91 bits per heavy atom. The van der Waals surface area contributed by atoms with E-state index in [1.54, 1.807) is 19.1 Å². The minimum Gasteiger partial charge on any atom is -0.493 e. The van der Waals surface area contributed by atoms with E-state index in [0.29, 0.717) is 17.9 Å². The quantitative estimate of drug-likeness (QED) is 0.695. The summed E-state index contributed by atoms with van der Waals surface area (Å²) in [4.78, 5) is 22.6. The van der Waals surface area contributed by atoms with Crippen LogP contribution in [0.1, 0.15) is 16.7 Å². The summed E-state index contributed by atoms with van der Waals surface area (Å²) >= 11 is 0. The second-order valence-corrected chi connectivity index (χ2v) is 5.52. The molecule has 0 unspecified atom stereocenters. The van der Waals surface area contributed by atoms with Crippen molar-refractivity contribution >= 4 is 17.3 Å². The first-order valence-electron chi connectivity index (χ1n) is 7.32. The van der Waals surface area contributed by atoms with E-state index < -0.39 is 4.92 Å². The van der Waals surface area contributed by atoms with E-state index in [1.807, 2.05) is 18.2 Å². The maximum atomic E-state index is 12.1. The topological polar surface area (TPSA) is 81.5 Å². The Labute approximate surface area is 133 Å². The lowest BCUT2D eigenvalue weighted by atomic mass is 10.1. The molecule has 1 aliphatic heterocycles. The van der Waals surface area contributed by atoms with Gasteiger partial charge < -0.3 is 10.1 Å². The molecule has 0 bridgehead atoms. The summed E-state index contributed by atoms with van der Waals surface area (Å²) in [5, 5.41) is 13.6. The van der Waals surface area contributed by atoms with Crippen molar-refractivity contribution in [3.63, 3.8) is 0 Å². The highest BCUT2D eigenvalue weighted by molar-refractivity contribution is 5.92. The zero-order chi connectivity index (χ0) is 16.4. The van der Waals surface area contributed by atoms with Gasteiger partial charge in [-0.15, -0.1) is 0 Å². The molecule has 118 valence electrons. The van der Waals surface area contributed by atoms with Crippen molar-refractivity contribution in [3.05, 3.63) is 63.2 Å². The second-order valence-electron chi connectivity index (χ2n) is 5.52. The molecule has 1 aliphatic rings. The van der Waals surface area contributed by atoms with Crippen molar-refractivity contribution in [2.45, 2.75) is 19.8 Å². The number of ether oxygens (including phenoxy) is 1. The number of rotatable bonds is 4. The Hall–Kier alpha value is -2.89. The van der Waals surface area contributed by atoms with Gasteiger partial charge in [0.05, 0.1) is 18.0 Å². The van der Waals surface area contributed by atoms with Crippen LogP contribution in [-0.4, -0.2) is 17.4 Å². The number of hydrogen-bond donors (Lipinski definition) is 1. The van der Waals surface area contributed by atoms with Crippen LogP contribution >= 0.6 is 0 Å². The number of benzene rings is 2. The van der Waals surface area contributed by atoms with Gasteiger partial charge in [-0.25, -0.2) is 0 Å². The lowest BCUT2D eigenvalue weighted by molar-refractivity contribution is -0.385. The molecule has 0 spiro atoms. The molecule has 3 rings (SSSR count). The molecule has 0 radical (unpaired) electrons. The molecular formula is C17H16N2O4.